The van der Waals surface area contributed by atoms with E-state index in [-0.39, 0.29) is 24.3 Å². The van der Waals surface area contributed by atoms with Crippen LogP contribution in [-0.4, -0.2) is 32.6 Å². The van der Waals surface area contributed by atoms with Gasteiger partial charge >= 0.3 is 6.09 Å². The number of hydrogen-bond acceptors (Lipinski definition) is 3. The normalized spacial score (nSPS) is 25.4. The number of rotatable bonds is 3. The first-order chi connectivity index (χ1) is 8.45. The summed E-state index contributed by atoms with van der Waals surface area (Å²) in [4.78, 5) is 18.2. The molecular weight excluding hydrogens is 230 g/mol. The van der Waals surface area contributed by atoms with Crippen molar-refractivity contribution in [1.82, 2.24) is 14.5 Å². The van der Waals surface area contributed by atoms with Crippen molar-refractivity contribution in [2.24, 2.45) is 7.05 Å². The van der Waals surface area contributed by atoms with Crippen molar-refractivity contribution in [3.63, 3.8) is 0 Å². The first-order valence-corrected chi connectivity index (χ1v) is 6.44. The molecule has 0 N–H and O–H groups in total. The average molecular weight is 251 g/mol. The molecule has 1 aromatic heterocycles. The van der Waals surface area contributed by atoms with Gasteiger partial charge in [-0.05, 0) is 27.2 Å². The van der Waals surface area contributed by atoms with Gasteiger partial charge in [0.15, 0.2) is 11.9 Å². The molecule has 1 aliphatic rings. The number of aromatic nitrogens is 2. The van der Waals surface area contributed by atoms with Crippen LogP contribution in [0.15, 0.2) is 6.20 Å². The predicted molar refractivity (Wildman–Crippen MR) is 68.2 cm³/mol. The Labute approximate surface area is 108 Å². The van der Waals surface area contributed by atoms with Gasteiger partial charge < -0.3 is 9.30 Å². The lowest BCUT2D eigenvalue weighted by molar-refractivity contribution is 0.123. The zero-order chi connectivity index (χ0) is 13.4. The van der Waals surface area contributed by atoms with Crippen molar-refractivity contribution >= 4 is 6.09 Å². The third kappa shape index (κ3) is 1.98. The number of carbonyl (C=O) groups is 1. The topological polar surface area (TPSA) is 47.4 Å². The summed E-state index contributed by atoms with van der Waals surface area (Å²) < 4.78 is 7.43. The molecular formula is C13H21N3O2. The first kappa shape index (κ1) is 12.9. The van der Waals surface area contributed by atoms with Gasteiger partial charge in [0.25, 0.3) is 0 Å². The van der Waals surface area contributed by atoms with Crippen LogP contribution in [0.25, 0.3) is 0 Å². The van der Waals surface area contributed by atoms with Gasteiger partial charge in [0.2, 0.25) is 0 Å². The van der Waals surface area contributed by atoms with Crippen LogP contribution in [0.1, 0.15) is 44.8 Å². The van der Waals surface area contributed by atoms with Gasteiger partial charge in [-0.15, -0.1) is 0 Å². The fourth-order valence-corrected chi connectivity index (χ4v) is 2.53. The second kappa shape index (κ2) is 4.63. The summed E-state index contributed by atoms with van der Waals surface area (Å²) in [6.45, 7) is 8.08. The molecule has 0 aliphatic carbocycles. The molecule has 1 aliphatic heterocycles. The Morgan fingerprint density at radius 3 is 2.72 bits per heavy atom. The maximum atomic E-state index is 12.0. The number of nitrogens with zero attached hydrogens (tertiary/aromatic N) is 3. The molecule has 1 unspecified atom stereocenters. The van der Waals surface area contributed by atoms with Gasteiger partial charge in [0.1, 0.15) is 0 Å². The molecule has 2 heterocycles. The number of ether oxygens (including phenoxy) is 1. The summed E-state index contributed by atoms with van der Waals surface area (Å²) in [7, 11) is 1.93. The Hall–Kier alpha value is -1.52. The first-order valence-electron chi connectivity index (χ1n) is 6.44. The third-order valence-electron chi connectivity index (χ3n) is 3.67. The van der Waals surface area contributed by atoms with E-state index in [1.807, 2.05) is 43.5 Å². The summed E-state index contributed by atoms with van der Waals surface area (Å²) in [5, 5.41) is 0. The van der Waals surface area contributed by atoms with Crippen molar-refractivity contribution in [2.75, 3.05) is 0 Å². The maximum Gasteiger partial charge on any atom is 0.411 e. The number of cyclic esters (lactones) is 1. The van der Waals surface area contributed by atoms with E-state index >= 15 is 0 Å². The fraction of sp³-hybridized carbons (Fsp3) is 0.692. The molecule has 1 aromatic rings. The zero-order valence-corrected chi connectivity index (χ0v) is 11.7. The second-order valence-corrected chi connectivity index (χ2v) is 5.06. The van der Waals surface area contributed by atoms with Gasteiger partial charge in [0, 0.05) is 19.3 Å². The molecule has 18 heavy (non-hydrogen) atoms. The summed E-state index contributed by atoms with van der Waals surface area (Å²) >= 11 is 0. The molecule has 5 nitrogen and oxygen atoms in total. The highest BCUT2D eigenvalue weighted by atomic mass is 16.6. The van der Waals surface area contributed by atoms with Crippen LogP contribution in [0, 0.1) is 6.92 Å². The minimum absolute atomic E-state index is 0.0212. The SMILES string of the molecule is CCC(C)N1C(=O)O[C@H](c2nc(C)cn2C)[C@@H]1C. The van der Waals surface area contributed by atoms with E-state index in [9.17, 15) is 4.79 Å². The Balaban J connectivity index is 2.27. The van der Waals surface area contributed by atoms with Crippen molar-refractivity contribution in [3.8, 4) is 0 Å². The molecule has 0 bridgehead atoms. The minimum atomic E-state index is -0.273. The summed E-state index contributed by atoms with van der Waals surface area (Å²) in [6, 6.07) is 0.215. The monoisotopic (exact) mass is 251 g/mol. The highest BCUT2D eigenvalue weighted by Crippen LogP contribution is 2.33. The molecule has 0 aromatic carbocycles. The average Bonchev–Trinajstić information content (AvgIpc) is 2.78. The number of amides is 1. The van der Waals surface area contributed by atoms with Crippen LogP contribution >= 0.6 is 0 Å². The Bertz CT molecular complexity index is 455. The minimum Gasteiger partial charge on any atom is -0.436 e. The lowest BCUT2D eigenvalue weighted by Crippen LogP contribution is -2.39. The van der Waals surface area contributed by atoms with E-state index in [1.165, 1.54) is 0 Å². The van der Waals surface area contributed by atoms with Crippen molar-refractivity contribution < 1.29 is 9.53 Å². The van der Waals surface area contributed by atoms with Crippen LogP contribution in [0.2, 0.25) is 0 Å². The van der Waals surface area contributed by atoms with Gasteiger partial charge in [-0.25, -0.2) is 9.78 Å². The van der Waals surface area contributed by atoms with Crippen LogP contribution in [0.5, 0.6) is 0 Å². The smallest absolute Gasteiger partial charge is 0.411 e. The number of imidazole rings is 1. The van der Waals surface area contributed by atoms with E-state index in [4.69, 9.17) is 4.74 Å². The third-order valence-corrected chi connectivity index (χ3v) is 3.67. The van der Waals surface area contributed by atoms with Gasteiger partial charge in [-0.3, -0.25) is 4.90 Å². The number of aryl methyl sites for hydroxylation is 2. The van der Waals surface area contributed by atoms with Gasteiger partial charge in [-0.1, -0.05) is 6.92 Å². The van der Waals surface area contributed by atoms with E-state index in [1.54, 1.807) is 0 Å². The van der Waals surface area contributed by atoms with Crippen LogP contribution < -0.4 is 0 Å². The van der Waals surface area contributed by atoms with Crippen molar-refractivity contribution in [3.05, 3.63) is 17.7 Å². The molecule has 0 spiro atoms. The molecule has 2 rings (SSSR count). The van der Waals surface area contributed by atoms with Crippen LogP contribution in [-0.2, 0) is 11.8 Å². The molecule has 1 saturated heterocycles. The number of carbonyl (C=O) groups excluding carboxylic acids is 1. The summed E-state index contributed by atoms with van der Waals surface area (Å²) in [5.74, 6) is 0.819. The predicted octanol–water partition coefficient (Wildman–Crippen LogP) is 2.41. The maximum absolute atomic E-state index is 12.0. The van der Waals surface area contributed by atoms with Crippen LogP contribution in [0.4, 0.5) is 4.79 Å². The highest BCUT2D eigenvalue weighted by molar-refractivity contribution is 5.71. The summed E-state index contributed by atoms with van der Waals surface area (Å²) in [6.07, 6.45) is 2.36. The molecule has 3 atom stereocenters. The molecule has 1 fully saturated rings. The molecule has 1 amide bonds. The lowest BCUT2D eigenvalue weighted by atomic mass is 10.1. The number of hydrogen-bond donors (Lipinski definition) is 0. The standard InChI is InChI=1S/C13H21N3O2/c1-6-9(3)16-10(4)11(18-13(16)17)12-14-8(2)7-15(12)5/h7,9-11H,6H2,1-5H3/t9?,10-,11-/m0/s1. The van der Waals surface area contributed by atoms with Crippen molar-refractivity contribution in [2.45, 2.75) is 52.3 Å². The zero-order valence-electron chi connectivity index (χ0n) is 11.7. The van der Waals surface area contributed by atoms with Gasteiger partial charge in [0.05, 0.1) is 11.7 Å². The van der Waals surface area contributed by atoms with Gasteiger partial charge in [-0.2, -0.15) is 0 Å². The quantitative estimate of drug-likeness (QED) is 0.828. The van der Waals surface area contributed by atoms with E-state index in [2.05, 4.69) is 11.9 Å². The van der Waals surface area contributed by atoms with E-state index in [0.29, 0.717) is 0 Å². The molecule has 5 heteroatoms. The fourth-order valence-electron chi connectivity index (χ4n) is 2.53. The highest BCUT2D eigenvalue weighted by Gasteiger charge is 2.43. The Morgan fingerprint density at radius 1 is 1.56 bits per heavy atom. The molecule has 100 valence electrons. The van der Waals surface area contributed by atoms with Crippen LogP contribution in [0.3, 0.4) is 0 Å². The Morgan fingerprint density at radius 2 is 2.22 bits per heavy atom. The van der Waals surface area contributed by atoms with E-state index < -0.39 is 0 Å². The Kier molecular flexibility index (Phi) is 3.32. The largest absolute Gasteiger partial charge is 0.436 e. The van der Waals surface area contributed by atoms with Crippen molar-refractivity contribution in [1.29, 1.82) is 0 Å². The van der Waals surface area contributed by atoms with E-state index in [0.717, 1.165) is 17.9 Å². The molecule has 0 radical (unpaired) electrons. The summed E-state index contributed by atoms with van der Waals surface area (Å²) in [5.41, 5.74) is 0.942. The lowest BCUT2D eigenvalue weighted by Gasteiger charge is -2.26. The second-order valence-electron chi connectivity index (χ2n) is 5.06. The molecule has 0 saturated carbocycles.